The van der Waals surface area contributed by atoms with Crippen LogP contribution in [-0.2, 0) is 20.1 Å². The zero-order chi connectivity index (χ0) is 20.6. The zero-order valence-electron chi connectivity index (χ0n) is 17.8. The molecule has 2 aliphatic carbocycles. The van der Waals surface area contributed by atoms with Gasteiger partial charge in [0.15, 0.2) is 0 Å². The monoisotopic (exact) mass is 583 g/mol. The fraction of sp³-hybridized carbons (Fsp3) is 0.423. The second kappa shape index (κ2) is 12.3. The van der Waals surface area contributed by atoms with E-state index >= 15 is 0 Å². The standard InChI is InChI=1S/C16H12N.C9H16O.CH4O.Ir/c1-12-6-5-9-16-14(12)10-11-15(17-16)13-7-3-2-4-8-13;10-9-6-5-7-3-1-2-4-8(7)9;1-2;/h2-7,9-11H,1H3;7-10H,1-6H2;2H,1H3;/q-1;;;. The Bertz CT molecular complexity index is 898. The molecule has 0 amide bonds. The number of aliphatic hydroxyl groups is 2. The fourth-order valence-electron chi connectivity index (χ4n) is 4.71. The molecule has 2 aromatic carbocycles. The molecule has 1 aromatic heterocycles. The minimum atomic E-state index is 0. The molecule has 1 heterocycles. The van der Waals surface area contributed by atoms with Gasteiger partial charge in [0.25, 0.3) is 0 Å². The first-order chi connectivity index (χ1) is 14.2. The van der Waals surface area contributed by atoms with Gasteiger partial charge in [-0.25, -0.2) is 0 Å². The molecule has 0 bridgehead atoms. The van der Waals surface area contributed by atoms with Gasteiger partial charge in [0.05, 0.1) is 11.6 Å². The van der Waals surface area contributed by atoms with Gasteiger partial charge >= 0.3 is 0 Å². The molecule has 2 N–H and O–H groups in total. The SMILES string of the molecule is CO.Cc1cccc2nc(-c3[c-]cccc3)ccc12.OC1CCC2CCCCC12.[Ir]. The molecule has 5 rings (SSSR count). The Morgan fingerprint density at radius 2 is 1.70 bits per heavy atom. The summed E-state index contributed by atoms with van der Waals surface area (Å²) in [5, 5.41) is 17.7. The summed E-state index contributed by atoms with van der Waals surface area (Å²) in [7, 11) is 1.00. The smallest absolute Gasteiger partial charge is 0.0597 e. The molecular weight excluding hydrogens is 551 g/mol. The fourth-order valence-corrected chi connectivity index (χ4v) is 4.71. The van der Waals surface area contributed by atoms with Crippen LogP contribution >= 0.6 is 0 Å². The van der Waals surface area contributed by atoms with Crippen LogP contribution < -0.4 is 0 Å². The van der Waals surface area contributed by atoms with Gasteiger partial charge in [-0.05, 0) is 55.3 Å². The second-order valence-corrected chi connectivity index (χ2v) is 7.97. The van der Waals surface area contributed by atoms with Crippen molar-refractivity contribution in [3.63, 3.8) is 0 Å². The third-order valence-electron chi connectivity index (χ3n) is 6.23. The largest absolute Gasteiger partial charge is 0.400 e. The van der Waals surface area contributed by atoms with Crippen LogP contribution in [0.3, 0.4) is 0 Å². The molecule has 1 radical (unpaired) electrons. The average molecular weight is 583 g/mol. The molecule has 2 aliphatic rings. The van der Waals surface area contributed by atoms with Crippen LogP contribution in [0.2, 0.25) is 0 Å². The first-order valence-corrected chi connectivity index (χ1v) is 10.7. The van der Waals surface area contributed by atoms with Gasteiger partial charge < -0.3 is 10.2 Å². The van der Waals surface area contributed by atoms with Crippen molar-refractivity contribution in [1.82, 2.24) is 4.98 Å². The molecule has 3 aromatic rings. The molecular formula is C26H32IrNO2-. The minimum absolute atomic E-state index is 0. The summed E-state index contributed by atoms with van der Waals surface area (Å²) in [6.45, 7) is 2.11. The Labute approximate surface area is 193 Å². The molecule has 2 fully saturated rings. The van der Waals surface area contributed by atoms with E-state index < -0.39 is 0 Å². The van der Waals surface area contributed by atoms with Crippen molar-refractivity contribution in [1.29, 1.82) is 0 Å². The van der Waals surface area contributed by atoms with E-state index in [1.807, 2.05) is 30.3 Å². The van der Waals surface area contributed by atoms with Crippen LogP contribution in [0.15, 0.2) is 54.6 Å². The molecule has 3 nitrogen and oxygen atoms in total. The molecule has 2 saturated carbocycles. The van der Waals surface area contributed by atoms with Crippen molar-refractivity contribution < 1.29 is 30.3 Å². The Morgan fingerprint density at radius 3 is 2.43 bits per heavy atom. The first kappa shape index (κ1) is 24.7. The van der Waals surface area contributed by atoms with Crippen LogP contribution in [0.25, 0.3) is 22.2 Å². The van der Waals surface area contributed by atoms with Crippen LogP contribution in [0, 0.1) is 24.8 Å². The molecule has 30 heavy (non-hydrogen) atoms. The topological polar surface area (TPSA) is 53.4 Å². The molecule has 0 aliphatic heterocycles. The van der Waals surface area contributed by atoms with Crippen molar-refractivity contribution in [3.8, 4) is 11.3 Å². The second-order valence-electron chi connectivity index (χ2n) is 7.97. The van der Waals surface area contributed by atoms with E-state index in [-0.39, 0.29) is 26.2 Å². The third-order valence-corrected chi connectivity index (χ3v) is 6.23. The maximum atomic E-state index is 9.52. The van der Waals surface area contributed by atoms with Crippen molar-refractivity contribution >= 4 is 10.9 Å². The van der Waals surface area contributed by atoms with E-state index in [0.29, 0.717) is 5.92 Å². The number of hydrogen-bond donors (Lipinski definition) is 2. The normalized spacial score (nSPS) is 21.9. The number of nitrogens with zero attached hydrogens (tertiary/aromatic N) is 1. The van der Waals surface area contributed by atoms with Crippen molar-refractivity contribution in [3.05, 3.63) is 66.2 Å². The van der Waals surface area contributed by atoms with E-state index in [0.717, 1.165) is 36.2 Å². The molecule has 0 saturated heterocycles. The number of aromatic nitrogens is 1. The van der Waals surface area contributed by atoms with E-state index in [1.54, 1.807) is 0 Å². The Balaban J connectivity index is 0.000000212. The van der Waals surface area contributed by atoms with Gasteiger partial charge in [-0.1, -0.05) is 43.5 Å². The summed E-state index contributed by atoms with van der Waals surface area (Å²) in [5.41, 5.74) is 4.32. The van der Waals surface area contributed by atoms with E-state index in [9.17, 15) is 5.11 Å². The summed E-state index contributed by atoms with van der Waals surface area (Å²) in [4.78, 5) is 4.68. The Hall–Kier alpha value is -1.58. The van der Waals surface area contributed by atoms with E-state index in [1.165, 1.54) is 43.1 Å². The van der Waals surface area contributed by atoms with Gasteiger partial charge in [0.1, 0.15) is 0 Å². The Morgan fingerprint density at radius 1 is 0.900 bits per heavy atom. The predicted molar refractivity (Wildman–Crippen MR) is 120 cm³/mol. The molecule has 4 heteroatoms. The zero-order valence-corrected chi connectivity index (χ0v) is 20.2. The Kier molecular flexibility index (Phi) is 10.1. The van der Waals surface area contributed by atoms with Crippen LogP contribution in [0.5, 0.6) is 0 Å². The first-order valence-electron chi connectivity index (χ1n) is 10.7. The van der Waals surface area contributed by atoms with Crippen molar-refractivity contribution in [2.45, 2.75) is 51.6 Å². The number of aryl methyl sites for hydroxylation is 1. The van der Waals surface area contributed by atoms with Crippen LogP contribution in [0.1, 0.15) is 44.1 Å². The van der Waals surface area contributed by atoms with E-state index in [2.05, 4.69) is 42.2 Å². The number of pyridine rings is 1. The summed E-state index contributed by atoms with van der Waals surface area (Å²) in [6.07, 6.45) is 7.89. The number of hydrogen-bond acceptors (Lipinski definition) is 3. The van der Waals surface area contributed by atoms with E-state index in [4.69, 9.17) is 5.11 Å². The molecule has 163 valence electrons. The number of fused-ring (bicyclic) bond motifs is 2. The van der Waals surface area contributed by atoms with Crippen LogP contribution in [-0.4, -0.2) is 28.4 Å². The van der Waals surface area contributed by atoms with Gasteiger partial charge in [-0.3, -0.25) is 4.98 Å². The van der Waals surface area contributed by atoms with Gasteiger partial charge in [-0.15, -0.1) is 35.9 Å². The average Bonchev–Trinajstić information content (AvgIpc) is 3.17. The molecule has 3 atom stereocenters. The number of aliphatic hydroxyl groups excluding tert-OH is 2. The molecule has 0 spiro atoms. The number of benzene rings is 2. The van der Waals surface area contributed by atoms with Gasteiger partial charge in [0, 0.05) is 32.6 Å². The summed E-state index contributed by atoms with van der Waals surface area (Å²) in [6, 6.07) is 21.5. The minimum Gasteiger partial charge on any atom is -0.400 e. The predicted octanol–water partition coefficient (Wildman–Crippen LogP) is 5.56. The maximum absolute atomic E-state index is 9.52. The summed E-state index contributed by atoms with van der Waals surface area (Å²) in [5.74, 6) is 1.58. The van der Waals surface area contributed by atoms with Gasteiger partial charge in [0.2, 0.25) is 0 Å². The van der Waals surface area contributed by atoms with Crippen molar-refractivity contribution in [2.75, 3.05) is 7.11 Å². The summed E-state index contributed by atoms with van der Waals surface area (Å²) < 4.78 is 0. The quantitative estimate of drug-likeness (QED) is 0.370. The third kappa shape index (κ3) is 5.98. The van der Waals surface area contributed by atoms with Crippen LogP contribution in [0.4, 0.5) is 0 Å². The summed E-state index contributed by atoms with van der Waals surface area (Å²) >= 11 is 0. The maximum Gasteiger partial charge on any atom is 0.0597 e. The van der Waals surface area contributed by atoms with Crippen molar-refractivity contribution in [2.24, 2.45) is 11.8 Å². The number of rotatable bonds is 1. The van der Waals surface area contributed by atoms with Gasteiger partial charge in [-0.2, -0.15) is 0 Å². The molecule has 3 unspecified atom stereocenters.